The van der Waals surface area contributed by atoms with Crippen LogP contribution in [0.1, 0.15) is 26.2 Å². The van der Waals surface area contributed by atoms with Crippen molar-refractivity contribution in [3.63, 3.8) is 0 Å². The molecule has 0 spiro atoms. The third-order valence-electron chi connectivity index (χ3n) is 2.51. The molecule has 1 heterocycles. The van der Waals surface area contributed by atoms with E-state index >= 15 is 0 Å². The lowest BCUT2D eigenvalue weighted by Crippen LogP contribution is -2.28. The van der Waals surface area contributed by atoms with Crippen molar-refractivity contribution < 1.29 is 23.9 Å². The Bertz CT molecular complexity index is 278. The van der Waals surface area contributed by atoms with Crippen molar-refractivity contribution >= 4 is 17.5 Å². The summed E-state index contributed by atoms with van der Waals surface area (Å²) in [6.45, 7) is 2.86. The van der Waals surface area contributed by atoms with E-state index in [-0.39, 0.29) is 24.7 Å². The molecular weight excluding hydrogens is 212 g/mol. The maximum Gasteiger partial charge on any atom is 0.375 e. The molecule has 0 N–H and O–H groups in total. The molecule has 0 atom stereocenters. The summed E-state index contributed by atoms with van der Waals surface area (Å²) in [6, 6.07) is 0. The van der Waals surface area contributed by atoms with Crippen molar-refractivity contribution in [2.45, 2.75) is 26.2 Å². The number of carbonyl (C=O) groups excluding carboxylic acids is 3. The van der Waals surface area contributed by atoms with Gasteiger partial charge in [0.25, 0.3) is 0 Å². The van der Waals surface area contributed by atoms with Gasteiger partial charge in [-0.2, -0.15) is 0 Å². The number of hydrogen-bond donors (Lipinski definition) is 0. The van der Waals surface area contributed by atoms with Gasteiger partial charge in [0.15, 0.2) is 0 Å². The maximum absolute atomic E-state index is 11.6. The molecule has 1 rings (SSSR count). The normalized spacial score (nSPS) is 16.8. The van der Waals surface area contributed by atoms with Gasteiger partial charge in [-0.1, -0.05) is 0 Å². The molecule has 90 valence electrons. The first-order chi connectivity index (χ1) is 7.65. The zero-order chi connectivity index (χ0) is 12.0. The molecule has 5 nitrogen and oxygen atoms in total. The van der Waals surface area contributed by atoms with Gasteiger partial charge in [-0.05, 0) is 19.8 Å². The summed E-state index contributed by atoms with van der Waals surface area (Å²) < 4.78 is 9.64. The summed E-state index contributed by atoms with van der Waals surface area (Å²) in [6.07, 6.45) is 0.924. The van der Waals surface area contributed by atoms with Crippen LogP contribution in [0.5, 0.6) is 0 Å². The summed E-state index contributed by atoms with van der Waals surface area (Å²) in [5, 5.41) is 0. The maximum atomic E-state index is 11.6. The minimum Gasteiger partial charge on any atom is -0.460 e. The number of ether oxygens (including phenoxy) is 2. The summed E-state index contributed by atoms with van der Waals surface area (Å²) in [4.78, 5) is 33.9. The Balaban J connectivity index is 2.37. The molecular formula is C11H16O5. The zero-order valence-corrected chi connectivity index (χ0v) is 9.36. The van der Waals surface area contributed by atoms with E-state index in [1.54, 1.807) is 6.92 Å². The molecule has 1 saturated heterocycles. The van der Waals surface area contributed by atoms with Gasteiger partial charge in [0, 0.05) is 19.1 Å². The van der Waals surface area contributed by atoms with Crippen LogP contribution in [-0.2, 0) is 23.9 Å². The summed E-state index contributed by atoms with van der Waals surface area (Å²) in [7, 11) is 0. The Morgan fingerprint density at radius 2 is 1.88 bits per heavy atom. The first kappa shape index (κ1) is 12.8. The van der Waals surface area contributed by atoms with Crippen LogP contribution >= 0.6 is 0 Å². The molecule has 5 heteroatoms. The highest BCUT2D eigenvalue weighted by Crippen LogP contribution is 2.17. The van der Waals surface area contributed by atoms with Gasteiger partial charge in [0.1, 0.15) is 5.78 Å². The Kier molecular flexibility index (Phi) is 5.11. The minimum atomic E-state index is -0.914. The van der Waals surface area contributed by atoms with Crippen LogP contribution in [-0.4, -0.2) is 37.4 Å². The van der Waals surface area contributed by atoms with Crippen LogP contribution < -0.4 is 0 Å². The molecule has 0 saturated carbocycles. The molecule has 1 fully saturated rings. The van der Waals surface area contributed by atoms with Gasteiger partial charge >= 0.3 is 5.97 Å². The predicted octanol–water partition coefficient (Wildman–Crippen LogP) is 0.504. The lowest BCUT2D eigenvalue weighted by Gasteiger charge is -2.20. The van der Waals surface area contributed by atoms with E-state index in [0.29, 0.717) is 26.1 Å². The Morgan fingerprint density at radius 1 is 1.25 bits per heavy atom. The van der Waals surface area contributed by atoms with Gasteiger partial charge in [0.05, 0.1) is 13.0 Å². The Morgan fingerprint density at radius 3 is 2.44 bits per heavy atom. The first-order valence-corrected chi connectivity index (χ1v) is 5.45. The van der Waals surface area contributed by atoms with Crippen LogP contribution in [0.15, 0.2) is 0 Å². The van der Waals surface area contributed by atoms with Gasteiger partial charge < -0.3 is 9.47 Å². The highest BCUT2D eigenvalue weighted by molar-refractivity contribution is 6.37. The molecule has 0 aromatic heterocycles. The third kappa shape index (κ3) is 3.73. The van der Waals surface area contributed by atoms with Crippen molar-refractivity contribution in [2.24, 2.45) is 5.92 Å². The van der Waals surface area contributed by atoms with Crippen molar-refractivity contribution in [3.8, 4) is 0 Å². The molecule has 0 aromatic carbocycles. The van der Waals surface area contributed by atoms with Crippen molar-refractivity contribution in [1.29, 1.82) is 0 Å². The average Bonchev–Trinajstić information content (AvgIpc) is 2.30. The van der Waals surface area contributed by atoms with Crippen LogP contribution in [0, 0.1) is 5.92 Å². The fourth-order valence-corrected chi connectivity index (χ4v) is 1.61. The number of rotatable bonds is 5. The van der Waals surface area contributed by atoms with Crippen LogP contribution in [0.25, 0.3) is 0 Å². The lowest BCUT2D eigenvalue weighted by atomic mass is 9.92. The zero-order valence-electron chi connectivity index (χ0n) is 9.36. The molecule has 0 radical (unpaired) electrons. The Labute approximate surface area is 94.1 Å². The van der Waals surface area contributed by atoms with Crippen LogP contribution in [0.4, 0.5) is 0 Å². The molecule has 1 aliphatic rings. The molecule has 16 heavy (non-hydrogen) atoms. The van der Waals surface area contributed by atoms with Crippen molar-refractivity contribution in [1.82, 2.24) is 0 Å². The number of hydrogen-bond acceptors (Lipinski definition) is 5. The van der Waals surface area contributed by atoms with E-state index in [4.69, 9.17) is 4.74 Å². The summed E-state index contributed by atoms with van der Waals surface area (Å²) in [5.74, 6) is -1.99. The average molecular weight is 228 g/mol. The van der Waals surface area contributed by atoms with E-state index in [1.165, 1.54) is 0 Å². The standard InChI is InChI=1S/C11H16O5/c1-2-16-11(14)10(13)7-9(12)8-3-5-15-6-4-8/h8H,2-7H2,1H3. The van der Waals surface area contributed by atoms with E-state index in [1.807, 2.05) is 0 Å². The van der Waals surface area contributed by atoms with Crippen LogP contribution in [0.3, 0.4) is 0 Å². The molecule has 0 unspecified atom stereocenters. The molecule has 1 aliphatic heterocycles. The fourth-order valence-electron chi connectivity index (χ4n) is 1.61. The predicted molar refractivity (Wildman–Crippen MR) is 54.8 cm³/mol. The van der Waals surface area contributed by atoms with E-state index in [9.17, 15) is 14.4 Å². The smallest absolute Gasteiger partial charge is 0.375 e. The second kappa shape index (κ2) is 6.37. The second-order valence-electron chi connectivity index (χ2n) is 3.67. The SMILES string of the molecule is CCOC(=O)C(=O)CC(=O)C1CCOCC1. The highest BCUT2D eigenvalue weighted by Gasteiger charge is 2.26. The minimum absolute atomic E-state index is 0.146. The highest BCUT2D eigenvalue weighted by atomic mass is 16.5. The third-order valence-corrected chi connectivity index (χ3v) is 2.51. The van der Waals surface area contributed by atoms with Gasteiger partial charge in [-0.15, -0.1) is 0 Å². The fraction of sp³-hybridized carbons (Fsp3) is 0.727. The largest absolute Gasteiger partial charge is 0.460 e. The van der Waals surface area contributed by atoms with Crippen molar-refractivity contribution in [3.05, 3.63) is 0 Å². The monoisotopic (exact) mass is 228 g/mol. The molecule has 0 aliphatic carbocycles. The number of ketones is 2. The lowest BCUT2D eigenvalue weighted by molar-refractivity contribution is -0.154. The van der Waals surface area contributed by atoms with Crippen LogP contribution in [0.2, 0.25) is 0 Å². The quantitative estimate of drug-likeness (QED) is 0.389. The van der Waals surface area contributed by atoms with Gasteiger partial charge in [0.2, 0.25) is 5.78 Å². The van der Waals surface area contributed by atoms with E-state index < -0.39 is 11.8 Å². The van der Waals surface area contributed by atoms with E-state index in [2.05, 4.69) is 4.74 Å². The first-order valence-electron chi connectivity index (χ1n) is 5.45. The van der Waals surface area contributed by atoms with Gasteiger partial charge in [-0.25, -0.2) is 4.79 Å². The summed E-state index contributed by atoms with van der Waals surface area (Å²) >= 11 is 0. The number of carbonyl (C=O) groups is 3. The van der Waals surface area contributed by atoms with Gasteiger partial charge in [-0.3, -0.25) is 9.59 Å². The van der Waals surface area contributed by atoms with E-state index in [0.717, 1.165) is 0 Å². The summed E-state index contributed by atoms with van der Waals surface area (Å²) in [5.41, 5.74) is 0. The Hall–Kier alpha value is -1.23. The second-order valence-corrected chi connectivity index (χ2v) is 3.67. The molecule has 0 aromatic rings. The molecule has 0 bridgehead atoms. The molecule has 0 amide bonds. The number of Topliss-reactive ketones (excluding diaryl/α,β-unsaturated/α-hetero) is 2. The van der Waals surface area contributed by atoms with Crippen molar-refractivity contribution in [2.75, 3.05) is 19.8 Å². The topological polar surface area (TPSA) is 69.7 Å². The number of esters is 1.